The number of amides is 3. The lowest BCUT2D eigenvalue weighted by Crippen LogP contribution is -2.58. The predicted octanol–water partition coefficient (Wildman–Crippen LogP) is 0.959. The Labute approximate surface area is 169 Å². The van der Waals surface area contributed by atoms with E-state index in [2.05, 4.69) is 15.8 Å². The third kappa shape index (κ3) is 5.26. The number of aryl methyl sites for hydroxylation is 2. The first kappa shape index (κ1) is 21.5. The summed E-state index contributed by atoms with van der Waals surface area (Å²) >= 11 is 0. The Morgan fingerprint density at radius 1 is 1.28 bits per heavy atom. The van der Waals surface area contributed by atoms with Crippen molar-refractivity contribution in [3.63, 3.8) is 0 Å². The van der Waals surface area contributed by atoms with E-state index >= 15 is 0 Å². The fourth-order valence-electron chi connectivity index (χ4n) is 3.89. The number of ether oxygens (including phenoxy) is 2. The van der Waals surface area contributed by atoms with Gasteiger partial charge >= 0.3 is 6.03 Å². The molecule has 3 N–H and O–H groups in total. The Bertz CT molecular complexity index is 704. The van der Waals surface area contributed by atoms with Gasteiger partial charge in [-0.25, -0.2) is 4.79 Å². The smallest absolute Gasteiger partial charge is 0.322 e. The summed E-state index contributed by atoms with van der Waals surface area (Å²) in [6.45, 7) is 6.42. The van der Waals surface area contributed by atoms with Crippen LogP contribution >= 0.6 is 0 Å². The number of fused-ring (bicyclic) bond motifs is 1. The van der Waals surface area contributed by atoms with Gasteiger partial charge in [-0.3, -0.25) is 4.79 Å². The maximum absolute atomic E-state index is 13.1. The first-order valence-electron chi connectivity index (χ1n) is 10.1. The minimum absolute atomic E-state index is 0.0499. The number of aliphatic hydroxyl groups is 1. The Morgan fingerprint density at radius 2 is 2.07 bits per heavy atom. The van der Waals surface area contributed by atoms with Crippen LogP contribution in [0.5, 0.6) is 0 Å². The average Bonchev–Trinajstić information content (AvgIpc) is 2.97. The van der Waals surface area contributed by atoms with Gasteiger partial charge in [-0.15, -0.1) is 0 Å². The van der Waals surface area contributed by atoms with Crippen LogP contribution in [0.15, 0.2) is 4.52 Å². The lowest BCUT2D eigenvalue weighted by Gasteiger charge is -2.44. The summed E-state index contributed by atoms with van der Waals surface area (Å²) in [6.07, 6.45) is 0.197. The molecule has 3 amide bonds. The molecule has 0 aliphatic carbocycles. The van der Waals surface area contributed by atoms with Gasteiger partial charge in [0.05, 0.1) is 44.4 Å². The van der Waals surface area contributed by atoms with E-state index in [1.165, 1.54) is 0 Å². The van der Waals surface area contributed by atoms with Crippen molar-refractivity contribution in [2.45, 2.75) is 64.4 Å². The summed E-state index contributed by atoms with van der Waals surface area (Å²) in [5.41, 5.74) is 1.12. The highest BCUT2D eigenvalue weighted by molar-refractivity contribution is 5.90. The molecule has 29 heavy (non-hydrogen) atoms. The second kappa shape index (κ2) is 9.55. The summed E-state index contributed by atoms with van der Waals surface area (Å²) < 4.78 is 16.8. The average molecular weight is 410 g/mol. The summed E-state index contributed by atoms with van der Waals surface area (Å²) in [5.74, 6) is 0.469. The van der Waals surface area contributed by atoms with E-state index in [-0.39, 0.29) is 56.4 Å². The van der Waals surface area contributed by atoms with Crippen LogP contribution in [0.1, 0.15) is 37.6 Å². The molecule has 1 aromatic heterocycles. The van der Waals surface area contributed by atoms with E-state index in [9.17, 15) is 14.7 Å². The van der Waals surface area contributed by atoms with Gasteiger partial charge in [0.1, 0.15) is 17.5 Å². The highest BCUT2D eigenvalue weighted by Crippen LogP contribution is 2.29. The molecule has 0 saturated carbocycles. The molecular formula is C19H30N4O6. The lowest BCUT2D eigenvalue weighted by atomic mass is 9.95. The van der Waals surface area contributed by atoms with Gasteiger partial charge in [0.25, 0.3) is 0 Å². The van der Waals surface area contributed by atoms with Crippen molar-refractivity contribution in [3.05, 3.63) is 11.5 Å². The summed E-state index contributed by atoms with van der Waals surface area (Å²) in [5, 5.41) is 19.7. The monoisotopic (exact) mass is 410 g/mol. The third-order valence-electron chi connectivity index (χ3n) is 5.29. The minimum Gasteiger partial charge on any atom is -0.389 e. The molecule has 3 heterocycles. The quantitative estimate of drug-likeness (QED) is 0.675. The molecule has 0 aromatic carbocycles. The van der Waals surface area contributed by atoms with Crippen molar-refractivity contribution >= 4 is 17.6 Å². The van der Waals surface area contributed by atoms with Crippen molar-refractivity contribution < 1.29 is 28.7 Å². The van der Waals surface area contributed by atoms with E-state index < -0.39 is 6.10 Å². The van der Waals surface area contributed by atoms with E-state index in [0.717, 1.165) is 0 Å². The van der Waals surface area contributed by atoms with Gasteiger partial charge in [0.15, 0.2) is 5.76 Å². The molecule has 10 nitrogen and oxygen atoms in total. The number of nitrogens with one attached hydrogen (secondary N) is 2. The molecule has 1 aromatic rings. The number of hydrogen-bond acceptors (Lipinski definition) is 7. The van der Waals surface area contributed by atoms with E-state index in [0.29, 0.717) is 36.5 Å². The molecule has 2 aliphatic rings. The number of nitrogens with zero attached hydrogens (tertiary/aromatic N) is 2. The van der Waals surface area contributed by atoms with Gasteiger partial charge in [-0.05, 0) is 33.6 Å². The van der Waals surface area contributed by atoms with Crippen LogP contribution in [0.3, 0.4) is 0 Å². The first-order valence-corrected chi connectivity index (χ1v) is 10.1. The van der Waals surface area contributed by atoms with Crippen molar-refractivity contribution in [3.8, 4) is 0 Å². The van der Waals surface area contributed by atoms with Crippen molar-refractivity contribution in [2.75, 3.05) is 31.6 Å². The van der Waals surface area contributed by atoms with Crippen LogP contribution in [0.4, 0.5) is 10.5 Å². The Morgan fingerprint density at radius 3 is 2.76 bits per heavy atom. The number of aromatic nitrogens is 1. The first-order chi connectivity index (χ1) is 13.9. The van der Waals surface area contributed by atoms with Crippen LogP contribution in [0.25, 0.3) is 0 Å². The Balaban J connectivity index is 1.72. The normalized spacial score (nSPS) is 27.5. The van der Waals surface area contributed by atoms with E-state index in [1.807, 2.05) is 6.92 Å². The lowest BCUT2D eigenvalue weighted by molar-refractivity contribution is -0.149. The molecule has 2 fully saturated rings. The van der Waals surface area contributed by atoms with Crippen LogP contribution in [0, 0.1) is 13.8 Å². The summed E-state index contributed by atoms with van der Waals surface area (Å²) in [4.78, 5) is 26.6. The SMILES string of the molecule is CCNC(=O)C[C@@H]1CC[C@H]2[C@@H](COC[C@H](O)CN2C(=O)Nc2c(C)noc2C)O1. The zero-order valence-corrected chi connectivity index (χ0v) is 17.1. The van der Waals surface area contributed by atoms with Crippen molar-refractivity contribution in [1.82, 2.24) is 15.4 Å². The third-order valence-corrected chi connectivity index (χ3v) is 5.29. The topological polar surface area (TPSA) is 126 Å². The molecule has 2 aliphatic heterocycles. The number of carbonyl (C=O) groups is 2. The molecule has 3 rings (SSSR count). The van der Waals surface area contributed by atoms with Crippen LogP contribution in [-0.2, 0) is 14.3 Å². The molecule has 4 atom stereocenters. The molecular weight excluding hydrogens is 380 g/mol. The Hall–Kier alpha value is -2.17. The fourth-order valence-corrected chi connectivity index (χ4v) is 3.89. The van der Waals surface area contributed by atoms with Gasteiger partial charge in [-0.2, -0.15) is 0 Å². The van der Waals surface area contributed by atoms with Crippen molar-refractivity contribution in [1.29, 1.82) is 0 Å². The molecule has 10 heteroatoms. The number of rotatable bonds is 4. The number of anilines is 1. The zero-order chi connectivity index (χ0) is 21.0. The summed E-state index contributed by atoms with van der Waals surface area (Å²) in [7, 11) is 0. The molecule has 0 unspecified atom stereocenters. The van der Waals surface area contributed by atoms with Crippen LogP contribution in [-0.4, -0.2) is 77.8 Å². The standard InChI is InChI=1S/C19H30N4O6/c1-4-20-17(25)7-14-5-6-15-16(28-14)10-27-9-13(24)8-23(15)19(26)21-18-11(2)22-29-12(18)3/h13-16,24H,4-10H2,1-3H3,(H,20,25)(H,21,26)/t13-,14+,15+,16-/m1/s1. The van der Waals surface area contributed by atoms with E-state index in [4.69, 9.17) is 14.0 Å². The molecule has 0 radical (unpaired) electrons. The maximum atomic E-state index is 13.1. The largest absolute Gasteiger partial charge is 0.389 e. The Kier molecular flexibility index (Phi) is 7.09. The highest BCUT2D eigenvalue weighted by atomic mass is 16.5. The van der Waals surface area contributed by atoms with Crippen LogP contribution < -0.4 is 10.6 Å². The zero-order valence-electron chi connectivity index (χ0n) is 17.1. The van der Waals surface area contributed by atoms with E-state index in [1.54, 1.807) is 18.7 Å². The maximum Gasteiger partial charge on any atom is 0.322 e. The second-order valence-corrected chi connectivity index (χ2v) is 7.57. The number of urea groups is 1. The van der Waals surface area contributed by atoms with Gasteiger partial charge in [0, 0.05) is 6.54 Å². The fraction of sp³-hybridized carbons (Fsp3) is 0.737. The number of β-amino-alcohol motifs (C(OH)–C–C–N with tert-alkyl or cyclic N) is 1. The number of aliphatic hydroxyl groups excluding tert-OH is 1. The van der Waals surface area contributed by atoms with Gasteiger partial charge in [-0.1, -0.05) is 5.16 Å². The molecule has 0 bridgehead atoms. The number of hydrogen-bond donors (Lipinski definition) is 3. The molecule has 2 saturated heterocycles. The van der Waals surface area contributed by atoms with Crippen LogP contribution in [0.2, 0.25) is 0 Å². The molecule has 162 valence electrons. The predicted molar refractivity (Wildman–Crippen MR) is 104 cm³/mol. The van der Waals surface area contributed by atoms with Crippen molar-refractivity contribution in [2.24, 2.45) is 0 Å². The number of carbonyl (C=O) groups excluding carboxylic acids is 2. The highest BCUT2D eigenvalue weighted by Gasteiger charge is 2.40. The van der Waals surface area contributed by atoms with Gasteiger partial charge < -0.3 is 34.6 Å². The second-order valence-electron chi connectivity index (χ2n) is 7.57. The van der Waals surface area contributed by atoms with Gasteiger partial charge in [0.2, 0.25) is 5.91 Å². The summed E-state index contributed by atoms with van der Waals surface area (Å²) in [6, 6.07) is -0.614. The molecule has 0 spiro atoms. The minimum atomic E-state index is -0.792.